The van der Waals surface area contributed by atoms with E-state index in [1.54, 1.807) is 11.3 Å². The molecule has 1 aromatic heterocycles. The lowest BCUT2D eigenvalue weighted by Crippen LogP contribution is -2.49. The second kappa shape index (κ2) is 7.23. The van der Waals surface area contributed by atoms with Gasteiger partial charge in [-0.3, -0.25) is 9.69 Å². The standard InChI is InChI=1S/C19H23N3O2S/c23-18(15-4-2-1-3-5-15)21-16-6-10-24-19(12-16)7-9-22(14-19)13-17-20-8-11-25-17/h1-5,8,11,16H,6-7,9-10,12-14H2,(H,21,23)/t16-,19-/m0/s1. The highest BCUT2D eigenvalue weighted by Gasteiger charge is 2.43. The van der Waals surface area contributed by atoms with Gasteiger partial charge in [0, 0.05) is 42.9 Å². The number of nitrogens with one attached hydrogen (secondary N) is 1. The Kier molecular flexibility index (Phi) is 4.83. The van der Waals surface area contributed by atoms with Crippen LogP contribution < -0.4 is 5.32 Å². The third-order valence-electron chi connectivity index (χ3n) is 5.10. The quantitative estimate of drug-likeness (QED) is 0.914. The summed E-state index contributed by atoms with van der Waals surface area (Å²) in [7, 11) is 0. The molecule has 1 N–H and O–H groups in total. The summed E-state index contributed by atoms with van der Waals surface area (Å²) in [6.45, 7) is 3.55. The van der Waals surface area contributed by atoms with E-state index in [1.807, 2.05) is 41.9 Å². The fourth-order valence-corrected chi connectivity index (χ4v) is 4.54. The van der Waals surface area contributed by atoms with Gasteiger partial charge in [0.15, 0.2) is 0 Å². The highest BCUT2D eigenvalue weighted by atomic mass is 32.1. The number of aromatic nitrogens is 1. The third-order valence-corrected chi connectivity index (χ3v) is 5.87. The number of hydrogen-bond donors (Lipinski definition) is 1. The van der Waals surface area contributed by atoms with Gasteiger partial charge < -0.3 is 10.1 Å². The summed E-state index contributed by atoms with van der Waals surface area (Å²) in [5, 5.41) is 6.37. The van der Waals surface area contributed by atoms with Crippen LogP contribution >= 0.6 is 11.3 Å². The molecule has 2 aliphatic heterocycles. The first kappa shape index (κ1) is 16.7. The highest BCUT2D eigenvalue weighted by Crippen LogP contribution is 2.35. The molecule has 1 amide bonds. The number of rotatable bonds is 4. The molecule has 0 saturated carbocycles. The molecule has 6 heteroatoms. The van der Waals surface area contributed by atoms with Crippen LogP contribution in [-0.4, -0.2) is 47.1 Å². The molecule has 0 aliphatic carbocycles. The minimum atomic E-state index is -0.121. The summed E-state index contributed by atoms with van der Waals surface area (Å²) in [5.41, 5.74) is 0.601. The maximum Gasteiger partial charge on any atom is 0.251 e. The van der Waals surface area contributed by atoms with Crippen LogP contribution in [0.4, 0.5) is 0 Å². The van der Waals surface area contributed by atoms with Crippen molar-refractivity contribution < 1.29 is 9.53 Å². The number of hydrogen-bond acceptors (Lipinski definition) is 5. The SMILES string of the molecule is O=C(N[C@H]1CCO[C@@]2(CCN(Cc3nccs3)C2)C1)c1ccccc1. The van der Waals surface area contributed by atoms with Gasteiger partial charge in [0.1, 0.15) is 5.01 Å². The zero-order valence-corrected chi connectivity index (χ0v) is 15.0. The molecule has 0 radical (unpaired) electrons. The summed E-state index contributed by atoms with van der Waals surface area (Å²) >= 11 is 1.70. The van der Waals surface area contributed by atoms with Crippen LogP contribution in [0.25, 0.3) is 0 Å². The van der Waals surface area contributed by atoms with Gasteiger partial charge in [0.2, 0.25) is 0 Å². The Morgan fingerprint density at radius 3 is 3.08 bits per heavy atom. The first-order chi connectivity index (χ1) is 12.2. The number of carbonyl (C=O) groups is 1. The Morgan fingerprint density at radius 1 is 1.40 bits per heavy atom. The summed E-state index contributed by atoms with van der Waals surface area (Å²) in [5.74, 6) is 0.0142. The van der Waals surface area contributed by atoms with Gasteiger partial charge in [0.25, 0.3) is 5.91 Å². The predicted octanol–water partition coefficient (Wildman–Crippen LogP) is 2.70. The number of thiazole rings is 1. The minimum Gasteiger partial charge on any atom is -0.373 e. The van der Waals surface area contributed by atoms with Gasteiger partial charge in [0.05, 0.1) is 12.1 Å². The summed E-state index contributed by atoms with van der Waals surface area (Å²) in [4.78, 5) is 19.2. The van der Waals surface area contributed by atoms with Crippen LogP contribution in [0.15, 0.2) is 41.9 Å². The van der Waals surface area contributed by atoms with Crippen LogP contribution in [0.1, 0.15) is 34.6 Å². The molecular weight excluding hydrogens is 334 g/mol. The Bertz CT molecular complexity index is 707. The number of nitrogens with zero attached hydrogens (tertiary/aromatic N) is 2. The van der Waals surface area contributed by atoms with Crippen LogP contribution in [0.3, 0.4) is 0 Å². The van der Waals surface area contributed by atoms with Crippen LogP contribution in [0.5, 0.6) is 0 Å². The predicted molar refractivity (Wildman–Crippen MR) is 97.6 cm³/mol. The van der Waals surface area contributed by atoms with E-state index in [1.165, 1.54) is 0 Å². The molecule has 132 valence electrons. The number of amides is 1. The minimum absolute atomic E-state index is 0.0142. The average Bonchev–Trinajstić information content (AvgIpc) is 3.27. The Hall–Kier alpha value is -1.76. The molecule has 5 nitrogen and oxygen atoms in total. The van der Waals surface area contributed by atoms with E-state index in [2.05, 4.69) is 15.2 Å². The van der Waals surface area contributed by atoms with Gasteiger partial charge in [-0.05, 0) is 31.4 Å². The fourth-order valence-electron chi connectivity index (χ4n) is 3.88. The molecular formula is C19H23N3O2S. The van der Waals surface area contributed by atoms with Gasteiger partial charge in [-0.25, -0.2) is 4.98 Å². The van der Waals surface area contributed by atoms with Crippen LogP contribution in [0, 0.1) is 0 Å². The second-order valence-corrected chi connectivity index (χ2v) is 7.93. The molecule has 3 heterocycles. The van der Waals surface area contributed by atoms with Crippen molar-refractivity contribution in [1.82, 2.24) is 15.2 Å². The van der Waals surface area contributed by atoms with E-state index in [4.69, 9.17) is 4.74 Å². The number of benzene rings is 1. The van der Waals surface area contributed by atoms with Crippen LogP contribution in [-0.2, 0) is 11.3 Å². The molecule has 0 unspecified atom stereocenters. The third kappa shape index (κ3) is 3.92. The first-order valence-electron chi connectivity index (χ1n) is 8.83. The smallest absolute Gasteiger partial charge is 0.251 e. The lowest BCUT2D eigenvalue weighted by molar-refractivity contribution is -0.0793. The van der Waals surface area contributed by atoms with E-state index in [0.29, 0.717) is 6.61 Å². The largest absolute Gasteiger partial charge is 0.373 e. The van der Waals surface area contributed by atoms with Crippen molar-refractivity contribution in [2.45, 2.75) is 37.5 Å². The number of likely N-dealkylation sites (tertiary alicyclic amines) is 1. The summed E-state index contributed by atoms with van der Waals surface area (Å²) in [6, 6.07) is 9.62. The molecule has 25 heavy (non-hydrogen) atoms. The van der Waals surface area contributed by atoms with Crippen LogP contribution in [0.2, 0.25) is 0 Å². The van der Waals surface area contributed by atoms with Crippen molar-refractivity contribution in [2.75, 3.05) is 19.7 Å². The lowest BCUT2D eigenvalue weighted by Gasteiger charge is -2.38. The fraction of sp³-hybridized carbons (Fsp3) is 0.474. The van der Waals surface area contributed by atoms with Gasteiger partial charge in [-0.15, -0.1) is 11.3 Å². The van der Waals surface area contributed by atoms with Crippen molar-refractivity contribution in [1.29, 1.82) is 0 Å². The Morgan fingerprint density at radius 2 is 2.28 bits per heavy atom. The van der Waals surface area contributed by atoms with Gasteiger partial charge in [-0.1, -0.05) is 18.2 Å². The van der Waals surface area contributed by atoms with Crippen molar-refractivity contribution in [2.24, 2.45) is 0 Å². The van der Waals surface area contributed by atoms with Crippen molar-refractivity contribution in [3.63, 3.8) is 0 Å². The van der Waals surface area contributed by atoms with E-state index in [9.17, 15) is 4.79 Å². The van der Waals surface area contributed by atoms with E-state index in [0.717, 1.165) is 49.5 Å². The molecule has 2 fully saturated rings. The van der Waals surface area contributed by atoms with Crippen molar-refractivity contribution in [3.05, 3.63) is 52.5 Å². The zero-order valence-electron chi connectivity index (χ0n) is 14.2. The maximum atomic E-state index is 12.4. The number of ether oxygens (including phenoxy) is 1. The Balaban J connectivity index is 1.35. The topological polar surface area (TPSA) is 54.5 Å². The van der Waals surface area contributed by atoms with E-state index < -0.39 is 0 Å². The molecule has 2 saturated heterocycles. The monoisotopic (exact) mass is 357 g/mol. The molecule has 4 rings (SSSR count). The normalized spacial score (nSPS) is 26.8. The number of carbonyl (C=O) groups excluding carboxylic acids is 1. The van der Waals surface area contributed by atoms with Gasteiger partial charge >= 0.3 is 0 Å². The zero-order chi connectivity index (χ0) is 17.1. The molecule has 2 atom stereocenters. The Labute approximate surface area is 152 Å². The molecule has 1 aromatic carbocycles. The second-order valence-electron chi connectivity index (χ2n) is 6.95. The first-order valence-corrected chi connectivity index (χ1v) is 9.71. The molecule has 2 aromatic rings. The summed E-state index contributed by atoms with van der Waals surface area (Å²) in [6.07, 6.45) is 4.65. The summed E-state index contributed by atoms with van der Waals surface area (Å²) < 4.78 is 6.18. The lowest BCUT2D eigenvalue weighted by atomic mass is 9.89. The highest BCUT2D eigenvalue weighted by molar-refractivity contribution is 7.09. The maximum absolute atomic E-state index is 12.4. The molecule has 2 aliphatic rings. The van der Waals surface area contributed by atoms with E-state index >= 15 is 0 Å². The molecule has 0 bridgehead atoms. The van der Waals surface area contributed by atoms with Gasteiger partial charge in [-0.2, -0.15) is 0 Å². The van der Waals surface area contributed by atoms with E-state index in [-0.39, 0.29) is 17.6 Å². The molecule has 1 spiro atoms. The average molecular weight is 357 g/mol. The van der Waals surface area contributed by atoms with Crippen molar-refractivity contribution >= 4 is 17.2 Å². The van der Waals surface area contributed by atoms with Crippen molar-refractivity contribution in [3.8, 4) is 0 Å².